The predicted molar refractivity (Wildman–Crippen MR) is 150 cm³/mol. The molecule has 9 nitrogen and oxygen atoms in total. The van der Waals surface area contributed by atoms with Crippen LogP contribution >= 0.6 is 0 Å². The van der Waals surface area contributed by atoms with Gasteiger partial charge in [-0.1, -0.05) is 60.7 Å². The molecule has 1 heterocycles. The van der Waals surface area contributed by atoms with Gasteiger partial charge in [-0.25, -0.2) is 0 Å². The molecule has 0 aromatic heterocycles. The lowest BCUT2D eigenvalue weighted by atomic mass is 9.96. The van der Waals surface area contributed by atoms with Crippen LogP contribution in [0, 0.1) is 16.0 Å². The fraction of sp³-hybridized carbons (Fsp3) is 0.129. The van der Waals surface area contributed by atoms with Gasteiger partial charge in [0.15, 0.2) is 5.92 Å². The average Bonchev–Trinajstić information content (AvgIpc) is 3.27. The van der Waals surface area contributed by atoms with Crippen molar-refractivity contribution in [1.29, 1.82) is 0 Å². The number of esters is 1. The molecule has 0 fully saturated rings. The zero-order chi connectivity index (χ0) is 28.2. The predicted octanol–water partition coefficient (Wildman–Crippen LogP) is 5.81. The molecular weight excluding hydrogens is 510 g/mol. The summed E-state index contributed by atoms with van der Waals surface area (Å²) in [5.74, 6) is -1.85. The molecule has 9 heteroatoms. The molecule has 1 amide bonds. The first-order chi connectivity index (χ1) is 19.4. The van der Waals surface area contributed by atoms with Crippen molar-refractivity contribution < 1.29 is 24.0 Å². The van der Waals surface area contributed by atoms with Crippen molar-refractivity contribution in [2.75, 3.05) is 12.1 Å². The SMILES string of the molecule is COc1c(Cc2ccccc2)cc(N2N=C(C)C(C(=O)Oc3ccc([N+](=O)[O-])cc3)C2=O)cc1-c1ccccc1. The molecule has 4 aromatic carbocycles. The van der Waals surface area contributed by atoms with Gasteiger partial charge in [0.2, 0.25) is 0 Å². The summed E-state index contributed by atoms with van der Waals surface area (Å²) < 4.78 is 11.2. The maximum atomic E-state index is 13.6. The van der Waals surface area contributed by atoms with Crippen molar-refractivity contribution in [3.8, 4) is 22.6 Å². The number of rotatable bonds is 8. The second-order valence-corrected chi connectivity index (χ2v) is 9.21. The van der Waals surface area contributed by atoms with Crippen LogP contribution in [-0.4, -0.2) is 29.6 Å². The quantitative estimate of drug-likeness (QED) is 0.0926. The fourth-order valence-electron chi connectivity index (χ4n) is 4.65. The number of non-ortho nitro benzene ring substituents is 1. The van der Waals surface area contributed by atoms with E-state index in [2.05, 4.69) is 5.10 Å². The minimum atomic E-state index is -1.25. The number of ether oxygens (including phenoxy) is 2. The molecule has 0 aliphatic carbocycles. The van der Waals surface area contributed by atoms with Crippen LogP contribution < -0.4 is 14.5 Å². The number of nitro benzene ring substituents is 1. The highest BCUT2D eigenvalue weighted by molar-refractivity contribution is 6.25. The van der Waals surface area contributed by atoms with Crippen molar-refractivity contribution in [1.82, 2.24) is 0 Å². The molecule has 4 aromatic rings. The largest absolute Gasteiger partial charge is 0.496 e. The Hall–Kier alpha value is -5.31. The van der Waals surface area contributed by atoms with E-state index in [0.717, 1.165) is 22.3 Å². The van der Waals surface area contributed by atoms with Gasteiger partial charge in [-0.05, 0) is 42.3 Å². The van der Waals surface area contributed by atoms with E-state index < -0.39 is 22.7 Å². The van der Waals surface area contributed by atoms with Crippen molar-refractivity contribution in [3.63, 3.8) is 0 Å². The van der Waals surface area contributed by atoms with Crippen molar-refractivity contribution in [2.45, 2.75) is 13.3 Å². The number of benzene rings is 4. The number of hydrogen-bond acceptors (Lipinski definition) is 7. The smallest absolute Gasteiger partial charge is 0.329 e. The Morgan fingerprint density at radius 2 is 1.62 bits per heavy atom. The Balaban J connectivity index is 1.49. The molecule has 0 radical (unpaired) electrons. The summed E-state index contributed by atoms with van der Waals surface area (Å²) in [5, 5.41) is 16.6. The number of carbonyl (C=O) groups is 2. The molecule has 0 bridgehead atoms. The average molecular weight is 536 g/mol. The Kier molecular flexibility index (Phi) is 7.37. The van der Waals surface area contributed by atoms with Crippen LogP contribution in [0.15, 0.2) is 102 Å². The summed E-state index contributed by atoms with van der Waals surface area (Å²) in [6.07, 6.45) is 0.550. The van der Waals surface area contributed by atoms with Gasteiger partial charge in [-0.2, -0.15) is 10.1 Å². The van der Waals surface area contributed by atoms with Crippen LogP contribution in [-0.2, 0) is 16.0 Å². The number of methoxy groups -OCH3 is 1. The summed E-state index contributed by atoms with van der Waals surface area (Å²) >= 11 is 0. The number of hydrogen-bond donors (Lipinski definition) is 0. The van der Waals surface area contributed by atoms with Gasteiger partial charge in [0.1, 0.15) is 11.5 Å². The zero-order valence-electron chi connectivity index (χ0n) is 21.8. The Labute approximate surface area is 230 Å². The van der Waals surface area contributed by atoms with Gasteiger partial charge >= 0.3 is 5.97 Å². The second-order valence-electron chi connectivity index (χ2n) is 9.21. The molecule has 5 rings (SSSR count). The number of anilines is 1. The number of carbonyl (C=O) groups excluding carboxylic acids is 2. The van der Waals surface area contributed by atoms with Crippen LogP contribution in [0.5, 0.6) is 11.5 Å². The van der Waals surface area contributed by atoms with Crippen molar-refractivity contribution in [3.05, 3.63) is 118 Å². The first-order valence-corrected chi connectivity index (χ1v) is 12.5. The van der Waals surface area contributed by atoms with Crippen LogP contribution in [0.2, 0.25) is 0 Å². The van der Waals surface area contributed by atoms with E-state index in [-0.39, 0.29) is 17.1 Å². The lowest BCUT2D eigenvalue weighted by molar-refractivity contribution is -0.384. The standard InChI is InChI=1S/C31H25N3O6/c1-20-28(31(36)40-26-15-13-24(14-16-26)34(37)38)30(35)33(32-20)25-18-23(17-21-9-5-3-6-10-21)29(39-2)27(19-25)22-11-7-4-8-12-22/h3-16,18-19,28H,17H2,1-2H3. The molecule has 0 saturated heterocycles. The summed E-state index contributed by atoms with van der Waals surface area (Å²) in [6.45, 7) is 1.59. The lowest BCUT2D eigenvalue weighted by Crippen LogP contribution is -2.35. The first kappa shape index (κ1) is 26.3. The highest BCUT2D eigenvalue weighted by Crippen LogP contribution is 2.39. The van der Waals surface area contributed by atoms with Crippen LogP contribution in [0.4, 0.5) is 11.4 Å². The molecule has 0 spiro atoms. The Bertz CT molecular complexity index is 1600. The van der Waals surface area contributed by atoms with Gasteiger partial charge in [0, 0.05) is 29.7 Å². The molecular formula is C31H25N3O6. The molecule has 1 aliphatic rings. The summed E-state index contributed by atoms with van der Waals surface area (Å²) in [6, 6.07) is 28.3. The van der Waals surface area contributed by atoms with E-state index in [9.17, 15) is 19.7 Å². The van der Waals surface area contributed by atoms with E-state index in [1.54, 1.807) is 14.0 Å². The third kappa shape index (κ3) is 5.30. The van der Waals surface area contributed by atoms with E-state index in [0.29, 0.717) is 17.9 Å². The Morgan fingerprint density at radius 3 is 2.25 bits per heavy atom. The van der Waals surface area contributed by atoms with Crippen LogP contribution in [0.3, 0.4) is 0 Å². The van der Waals surface area contributed by atoms with E-state index in [1.165, 1.54) is 29.3 Å². The fourth-order valence-corrected chi connectivity index (χ4v) is 4.65. The highest BCUT2D eigenvalue weighted by Gasteiger charge is 2.41. The number of hydrazone groups is 1. The highest BCUT2D eigenvalue weighted by atomic mass is 16.6. The van der Waals surface area contributed by atoms with Gasteiger partial charge in [-0.3, -0.25) is 19.7 Å². The lowest BCUT2D eigenvalue weighted by Gasteiger charge is -2.20. The molecule has 1 atom stereocenters. The monoisotopic (exact) mass is 535 g/mol. The van der Waals surface area contributed by atoms with E-state index in [4.69, 9.17) is 9.47 Å². The number of amides is 1. The summed E-state index contributed by atoms with van der Waals surface area (Å²) in [4.78, 5) is 36.9. The van der Waals surface area contributed by atoms with E-state index >= 15 is 0 Å². The van der Waals surface area contributed by atoms with E-state index in [1.807, 2.05) is 72.8 Å². The molecule has 40 heavy (non-hydrogen) atoms. The van der Waals surface area contributed by atoms with Crippen LogP contribution in [0.1, 0.15) is 18.1 Å². The minimum Gasteiger partial charge on any atom is -0.496 e. The van der Waals surface area contributed by atoms with Crippen LogP contribution in [0.25, 0.3) is 11.1 Å². The second kappa shape index (κ2) is 11.2. The molecule has 0 N–H and O–H groups in total. The third-order valence-corrected chi connectivity index (χ3v) is 6.55. The topological polar surface area (TPSA) is 111 Å². The maximum Gasteiger partial charge on any atom is 0.329 e. The minimum absolute atomic E-state index is 0.0932. The first-order valence-electron chi connectivity index (χ1n) is 12.5. The maximum absolute atomic E-state index is 13.6. The van der Waals surface area contributed by atoms with Gasteiger partial charge in [0.25, 0.3) is 11.6 Å². The zero-order valence-corrected chi connectivity index (χ0v) is 21.8. The normalized spacial score (nSPS) is 14.6. The summed E-state index contributed by atoms with van der Waals surface area (Å²) in [5.41, 5.74) is 4.22. The third-order valence-electron chi connectivity index (χ3n) is 6.55. The molecule has 1 aliphatic heterocycles. The number of nitro groups is 1. The van der Waals surface area contributed by atoms with Gasteiger partial charge in [-0.15, -0.1) is 0 Å². The molecule has 0 saturated carbocycles. The van der Waals surface area contributed by atoms with Crippen molar-refractivity contribution >= 4 is 29.0 Å². The van der Waals surface area contributed by atoms with Crippen molar-refractivity contribution in [2.24, 2.45) is 11.0 Å². The van der Waals surface area contributed by atoms with Gasteiger partial charge < -0.3 is 9.47 Å². The number of nitrogens with zero attached hydrogens (tertiary/aromatic N) is 3. The Morgan fingerprint density at radius 1 is 0.975 bits per heavy atom. The summed E-state index contributed by atoms with van der Waals surface area (Å²) in [7, 11) is 1.61. The molecule has 200 valence electrons. The molecule has 1 unspecified atom stereocenters. The van der Waals surface area contributed by atoms with Gasteiger partial charge in [0.05, 0.1) is 23.4 Å².